The fraction of sp³-hybridized carbons (Fsp3) is 0.250. The lowest BCUT2D eigenvalue weighted by atomic mass is 10.0. The summed E-state index contributed by atoms with van der Waals surface area (Å²) in [6.45, 7) is 0.873. The average Bonchev–Trinajstić information content (AvgIpc) is 3.27. The number of hydrogen-bond acceptors (Lipinski definition) is 7. The number of hydroxylamine groups is 1. The van der Waals surface area contributed by atoms with Crippen LogP contribution in [0.2, 0.25) is 0 Å². The molecule has 0 aliphatic heterocycles. The molecule has 3 aromatic rings. The lowest BCUT2D eigenvalue weighted by Crippen LogP contribution is -2.50. The third kappa shape index (κ3) is 4.42. The Morgan fingerprint density at radius 1 is 1.26 bits per heavy atom. The van der Waals surface area contributed by atoms with E-state index in [0.717, 1.165) is 35.6 Å². The van der Waals surface area contributed by atoms with Crippen LogP contribution in [-0.2, 0) is 21.2 Å². The Bertz CT molecular complexity index is 1250. The Labute approximate surface area is 177 Å². The smallest absolute Gasteiger partial charge is 0.264 e. The molecule has 0 bridgehead atoms. The molecule has 0 saturated heterocycles. The zero-order chi connectivity index (χ0) is 22.8. The second kappa shape index (κ2) is 8.44. The van der Waals surface area contributed by atoms with Gasteiger partial charge in [-0.25, -0.2) is 18.3 Å². The summed E-state index contributed by atoms with van der Waals surface area (Å²) >= 11 is 0. The van der Waals surface area contributed by atoms with Gasteiger partial charge in [-0.3, -0.25) is 14.8 Å². The van der Waals surface area contributed by atoms with Gasteiger partial charge >= 0.3 is 0 Å². The van der Waals surface area contributed by atoms with Crippen LogP contribution in [0.3, 0.4) is 0 Å². The monoisotopic (exact) mass is 449 g/mol. The summed E-state index contributed by atoms with van der Waals surface area (Å²) in [4.78, 5) is 24.4. The molecule has 0 radical (unpaired) electrons. The van der Waals surface area contributed by atoms with Crippen molar-refractivity contribution in [1.29, 1.82) is 0 Å². The van der Waals surface area contributed by atoms with Crippen LogP contribution in [0.15, 0.2) is 58.2 Å². The van der Waals surface area contributed by atoms with E-state index in [0.29, 0.717) is 11.3 Å². The highest BCUT2D eigenvalue weighted by molar-refractivity contribution is 7.92. The van der Waals surface area contributed by atoms with Gasteiger partial charge in [-0.2, -0.15) is 0 Å². The Morgan fingerprint density at radius 3 is 2.45 bits per heavy atom. The maximum absolute atomic E-state index is 14.7. The highest BCUT2D eigenvalue weighted by Crippen LogP contribution is 2.26. The minimum absolute atomic E-state index is 0.0759. The van der Waals surface area contributed by atoms with Crippen molar-refractivity contribution >= 4 is 15.7 Å². The summed E-state index contributed by atoms with van der Waals surface area (Å²) in [7, 11) is -3.94. The summed E-state index contributed by atoms with van der Waals surface area (Å²) in [5, 5.41) is 12.7. The number of nitrogens with zero attached hydrogens (tertiary/aromatic N) is 2. The van der Waals surface area contributed by atoms with Crippen LogP contribution in [0.1, 0.15) is 13.3 Å². The molecule has 0 spiro atoms. The molecule has 31 heavy (non-hydrogen) atoms. The number of sulfone groups is 1. The molecule has 164 valence electrons. The van der Waals surface area contributed by atoms with Gasteiger partial charge in [0, 0.05) is 42.3 Å². The maximum atomic E-state index is 14.7. The summed E-state index contributed by atoms with van der Waals surface area (Å²) < 4.78 is 42.6. The summed E-state index contributed by atoms with van der Waals surface area (Å²) in [6, 6.07) is 9.48. The molecule has 1 atom stereocenters. The molecule has 1 unspecified atom stereocenters. The number of halogens is 1. The van der Waals surface area contributed by atoms with Gasteiger partial charge in [-0.1, -0.05) is 29.4 Å². The van der Waals surface area contributed by atoms with Crippen molar-refractivity contribution in [2.45, 2.75) is 24.6 Å². The fourth-order valence-corrected chi connectivity index (χ4v) is 3.89. The first-order valence-corrected chi connectivity index (χ1v) is 11.0. The van der Waals surface area contributed by atoms with Gasteiger partial charge in [0.2, 0.25) is 0 Å². The lowest BCUT2D eigenvalue weighted by molar-refractivity contribution is -0.131. The number of aryl methyl sites for hydroxylation is 1. The molecular weight excluding hydrogens is 429 g/mol. The number of rotatable bonds is 7. The predicted molar refractivity (Wildman–Crippen MR) is 109 cm³/mol. The molecular formula is C20H20FN3O6S. The molecule has 1 amide bonds. The van der Waals surface area contributed by atoms with E-state index in [-0.39, 0.29) is 18.5 Å². The van der Waals surface area contributed by atoms with Crippen molar-refractivity contribution < 1.29 is 27.3 Å². The first-order chi connectivity index (χ1) is 14.6. The molecule has 2 heterocycles. The van der Waals surface area contributed by atoms with E-state index >= 15 is 0 Å². The zero-order valence-electron chi connectivity index (χ0n) is 16.7. The minimum Gasteiger partial charge on any atom is -0.364 e. The van der Waals surface area contributed by atoms with E-state index < -0.39 is 31.9 Å². The normalized spacial score (nSPS) is 13.5. The van der Waals surface area contributed by atoms with E-state index in [4.69, 9.17) is 9.73 Å². The van der Waals surface area contributed by atoms with Crippen molar-refractivity contribution in [3.8, 4) is 22.4 Å². The molecule has 2 aromatic heterocycles. The van der Waals surface area contributed by atoms with Crippen LogP contribution in [0.5, 0.6) is 0 Å². The van der Waals surface area contributed by atoms with Gasteiger partial charge in [-0.05, 0) is 18.9 Å². The quantitative estimate of drug-likeness (QED) is 0.417. The molecule has 0 aliphatic rings. The van der Waals surface area contributed by atoms with Gasteiger partial charge in [0.25, 0.3) is 11.5 Å². The van der Waals surface area contributed by atoms with Crippen molar-refractivity contribution in [3.63, 3.8) is 0 Å². The SMILES string of the molecule is CC(CCn1cc(F)c(-c2ccc(-c3ccon3)cc2)cc1=O)(C(=O)NO)S(C)(=O)=O. The number of carbonyl (C=O) groups is 1. The summed E-state index contributed by atoms with van der Waals surface area (Å²) in [5.41, 5.74) is 2.67. The highest BCUT2D eigenvalue weighted by atomic mass is 32.2. The van der Waals surface area contributed by atoms with Crippen LogP contribution in [-0.4, -0.2) is 40.3 Å². The number of pyridine rings is 1. The van der Waals surface area contributed by atoms with E-state index in [1.807, 2.05) is 0 Å². The highest BCUT2D eigenvalue weighted by Gasteiger charge is 2.43. The maximum Gasteiger partial charge on any atom is 0.264 e. The fourth-order valence-electron chi connectivity index (χ4n) is 3.04. The Hall–Kier alpha value is -3.31. The number of benzene rings is 1. The molecule has 9 nitrogen and oxygen atoms in total. The van der Waals surface area contributed by atoms with Crippen LogP contribution >= 0.6 is 0 Å². The number of aromatic nitrogens is 2. The number of carbonyl (C=O) groups excluding carboxylic acids is 1. The lowest BCUT2D eigenvalue weighted by Gasteiger charge is -2.25. The van der Waals surface area contributed by atoms with Gasteiger partial charge in [-0.15, -0.1) is 0 Å². The van der Waals surface area contributed by atoms with Crippen molar-refractivity contribution in [2.24, 2.45) is 0 Å². The first kappa shape index (κ1) is 22.4. The second-order valence-corrected chi connectivity index (χ2v) is 9.67. The molecule has 11 heteroatoms. The number of nitrogens with one attached hydrogen (secondary N) is 1. The van der Waals surface area contributed by atoms with Gasteiger partial charge in [0.1, 0.15) is 17.8 Å². The zero-order valence-corrected chi connectivity index (χ0v) is 17.5. The van der Waals surface area contributed by atoms with Crippen LogP contribution in [0, 0.1) is 5.82 Å². The van der Waals surface area contributed by atoms with Crippen LogP contribution in [0.4, 0.5) is 4.39 Å². The molecule has 0 saturated carbocycles. The average molecular weight is 449 g/mol. The van der Waals surface area contributed by atoms with Crippen molar-refractivity contribution in [1.82, 2.24) is 15.2 Å². The van der Waals surface area contributed by atoms with E-state index in [2.05, 4.69) is 5.16 Å². The molecule has 2 N–H and O–H groups in total. The van der Waals surface area contributed by atoms with Gasteiger partial charge in [0.15, 0.2) is 14.6 Å². The van der Waals surface area contributed by atoms with Gasteiger partial charge in [0.05, 0.1) is 0 Å². The van der Waals surface area contributed by atoms with Gasteiger partial charge < -0.3 is 9.09 Å². The second-order valence-electron chi connectivity index (χ2n) is 7.22. The molecule has 1 aromatic carbocycles. The summed E-state index contributed by atoms with van der Waals surface area (Å²) in [6.07, 6.45) is 2.89. The van der Waals surface area contributed by atoms with E-state index in [1.165, 1.54) is 11.7 Å². The number of hydrogen-bond donors (Lipinski definition) is 2. The first-order valence-electron chi connectivity index (χ1n) is 9.12. The van der Waals surface area contributed by atoms with Crippen LogP contribution in [0.25, 0.3) is 22.4 Å². The Morgan fingerprint density at radius 2 is 1.90 bits per heavy atom. The summed E-state index contributed by atoms with van der Waals surface area (Å²) in [5.74, 6) is -1.83. The van der Waals surface area contributed by atoms with E-state index in [9.17, 15) is 22.4 Å². The van der Waals surface area contributed by atoms with Crippen molar-refractivity contribution in [3.05, 3.63) is 65.0 Å². The van der Waals surface area contributed by atoms with Crippen molar-refractivity contribution in [2.75, 3.05) is 6.26 Å². The third-order valence-electron chi connectivity index (χ3n) is 5.24. The molecule has 0 fully saturated rings. The Kier molecular flexibility index (Phi) is 6.09. The van der Waals surface area contributed by atoms with Crippen LogP contribution < -0.4 is 11.0 Å². The van der Waals surface area contributed by atoms with E-state index in [1.54, 1.807) is 30.3 Å². The molecule has 3 rings (SSSR count). The molecule has 0 aliphatic carbocycles. The standard InChI is InChI=1S/C20H20FN3O6S/c1-20(19(26)22-27,31(2,28)29)8-9-24-12-16(21)15(11-18(24)25)13-3-5-14(6-4-13)17-7-10-30-23-17/h3-7,10-12,27H,8-9H2,1-2H3,(H,22,26). The Balaban J connectivity index is 1.87. The minimum atomic E-state index is -3.94. The third-order valence-corrected chi connectivity index (χ3v) is 7.26. The largest absolute Gasteiger partial charge is 0.364 e. The number of amides is 1. The topological polar surface area (TPSA) is 132 Å². The predicted octanol–water partition coefficient (Wildman–Crippen LogP) is 2.01.